The molecule has 6 heterocycles. The first kappa shape index (κ1) is 33.1. The molecule has 2 aromatic carbocycles. The SMILES string of the molecule is Cc1nc2c(F)c(-c3cccc(Cl)c3Cl)c(CCC#N)cc2c2c1cc([C@H]1C[C@H](Oc3ccnc(C#N)c3)CN1C(=O)C1CC1)n2[C@H]1[C@H]2CN[C@@H]1C2. The Kier molecular flexibility index (Phi) is 8.11. The zero-order valence-electron chi connectivity index (χ0n) is 28.4. The molecule has 3 saturated heterocycles. The summed E-state index contributed by atoms with van der Waals surface area (Å²) in [5, 5.41) is 24.8. The third-order valence-electron chi connectivity index (χ3n) is 11.4. The standard InChI is InChI=1S/C40H34Cl2FN7O2/c1-20-28-16-33(32-15-26(19-49(32)40(51)21-7-8-21)52-25-9-11-46-24(14-25)17-45)50(38-23-13-31(38)47-18-23)39(28)29-12-22(4-3-10-44)34(36(43)37(29)48-20)27-5-2-6-30(41)35(27)42/h2,5-6,9,11-12,14,16,21,23,26,31-32,38,47H,3-4,7-8,13,15,18-19H2,1H3/t23-,26+,31-,32-,38+/m1/s1. The maximum atomic E-state index is 17.2. The first-order valence-corrected chi connectivity index (χ1v) is 18.6. The lowest BCUT2D eigenvalue weighted by atomic mass is 9.79. The van der Waals surface area contributed by atoms with Gasteiger partial charge >= 0.3 is 0 Å². The molecule has 3 aromatic heterocycles. The minimum Gasteiger partial charge on any atom is -0.488 e. The van der Waals surface area contributed by atoms with Crippen LogP contribution in [0, 0.1) is 47.2 Å². The van der Waals surface area contributed by atoms with Crippen LogP contribution in [0.25, 0.3) is 32.9 Å². The highest BCUT2D eigenvalue weighted by atomic mass is 35.5. The number of halogens is 3. The van der Waals surface area contributed by atoms with Crippen LogP contribution in [0.15, 0.2) is 48.7 Å². The molecule has 52 heavy (non-hydrogen) atoms. The minimum atomic E-state index is -0.502. The lowest BCUT2D eigenvalue weighted by molar-refractivity contribution is -0.133. The van der Waals surface area contributed by atoms with Gasteiger partial charge in [0.2, 0.25) is 5.91 Å². The van der Waals surface area contributed by atoms with Crippen molar-refractivity contribution in [3.05, 3.63) is 87.2 Å². The lowest BCUT2D eigenvalue weighted by Gasteiger charge is -2.39. The monoisotopic (exact) mass is 733 g/mol. The van der Waals surface area contributed by atoms with E-state index in [1.54, 1.807) is 36.5 Å². The highest BCUT2D eigenvalue weighted by Gasteiger charge is 2.51. The predicted octanol–water partition coefficient (Wildman–Crippen LogP) is 8.00. The second kappa shape index (κ2) is 12.7. The number of rotatable bonds is 8. The normalized spacial score (nSPS) is 23.5. The molecule has 10 rings (SSSR count). The van der Waals surface area contributed by atoms with E-state index in [2.05, 4.69) is 33.1 Å². The summed E-state index contributed by atoms with van der Waals surface area (Å²) >= 11 is 13.1. The summed E-state index contributed by atoms with van der Waals surface area (Å²) in [5.41, 5.74) is 4.47. The molecule has 2 aliphatic carbocycles. The average molecular weight is 735 g/mol. The first-order valence-electron chi connectivity index (χ1n) is 17.8. The third-order valence-corrected chi connectivity index (χ3v) is 12.2. The molecule has 3 aliphatic heterocycles. The molecular weight excluding hydrogens is 700 g/mol. The van der Waals surface area contributed by atoms with Crippen LogP contribution in [0.1, 0.15) is 66.8 Å². The molecule has 0 radical (unpaired) electrons. The summed E-state index contributed by atoms with van der Waals surface area (Å²) in [5.74, 6) is 0.558. The average Bonchev–Trinajstić information content (AvgIpc) is 3.43. The molecular formula is C40H34Cl2FN7O2. The zero-order chi connectivity index (χ0) is 35.8. The van der Waals surface area contributed by atoms with E-state index < -0.39 is 5.82 Å². The summed E-state index contributed by atoms with van der Waals surface area (Å²) in [6.45, 7) is 3.21. The number of aryl methyl sites for hydroxylation is 2. The van der Waals surface area contributed by atoms with Gasteiger partial charge in [0.05, 0.1) is 40.3 Å². The largest absolute Gasteiger partial charge is 0.488 e. The number of likely N-dealkylation sites (tertiary alicyclic amines) is 1. The molecule has 0 spiro atoms. The van der Waals surface area contributed by atoms with Gasteiger partial charge < -0.3 is 19.5 Å². The van der Waals surface area contributed by atoms with E-state index in [1.807, 2.05) is 17.9 Å². The van der Waals surface area contributed by atoms with E-state index in [1.165, 1.54) is 0 Å². The number of nitrogens with one attached hydrogen (secondary N) is 1. The number of benzene rings is 2. The lowest BCUT2D eigenvalue weighted by Crippen LogP contribution is -2.41. The highest BCUT2D eigenvalue weighted by molar-refractivity contribution is 6.43. The number of pyridine rings is 2. The Morgan fingerprint density at radius 3 is 2.71 bits per heavy atom. The van der Waals surface area contributed by atoms with Crippen LogP contribution in [-0.4, -0.2) is 50.6 Å². The van der Waals surface area contributed by atoms with Crippen molar-refractivity contribution < 1.29 is 13.9 Å². The molecule has 5 aliphatic rings. The van der Waals surface area contributed by atoms with E-state index in [4.69, 9.17) is 32.9 Å². The fraction of sp³-hybridized carbons (Fsp3) is 0.375. The number of hydrogen-bond acceptors (Lipinski definition) is 7. The van der Waals surface area contributed by atoms with Crippen molar-refractivity contribution in [2.45, 2.75) is 69.7 Å². The number of nitrogens with zero attached hydrogens (tertiary/aromatic N) is 6. The van der Waals surface area contributed by atoms with Crippen molar-refractivity contribution in [1.82, 2.24) is 24.8 Å². The number of nitriles is 2. The van der Waals surface area contributed by atoms with Gasteiger partial charge in [-0.05, 0) is 68.4 Å². The predicted molar refractivity (Wildman–Crippen MR) is 195 cm³/mol. The molecule has 2 saturated carbocycles. The van der Waals surface area contributed by atoms with E-state index >= 15 is 4.39 Å². The molecule has 1 amide bonds. The molecule has 2 bridgehead atoms. The summed E-state index contributed by atoms with van der Waals surface area (Å²) in [4.78, 5) is 24.9. The topological polar surface area (TPSA) is 120 Å². The maximum Gasteiger partial charge on any atom is 0.226 e. The van der Waals surface area contributed by atoms with Crippen LogP contribution in [0.3, 0.4) is 0 Å². The quantitative estimate of drug-likeness (QED) is 0.172. The number of amides is 1. The summed E-state index contributed by atoms with van der Waals surface area (Å²) in [6, 6.07) is 17.0. The second-order valence-corrected chi connectivity index (χ2v) is 15.3. The van der Waals surface area contributed by atoms with Gasteiger partial charge in [0.25, 0.3) is 0 Å². The maximum absolute atomic E-state index is 17.2. The van der Waals surface area contributed by atoms with Gasteiger partial charge in [-0.25, -0.2) is 14.4 Å². The van der Waals surface area contributed by atoms with Crippen molar-refractivity contribution in [3.8, 4) is 29.0 Å². The summed E-state index contributed by atoms with van der Waals surface area (Å²) in [6.07, 6.45) is 5.11. The third kappa shape index (κ3) is 5.31. The Balaban J connectivity index is 1.25. The number of fused-ring (bicyclic) bond motifs is 4. The Hall–Kier alpha value is -4.74. The molecule has 262 valence electrons. The van der Waals surface area contributed by atoms with E-state index in [0.29, 0.717) is 63.8 Å². The van der Waals surface area contributed by atoms with E-state index in [9.17, 15) is 15.3 Å². The van der Waals surface area contributed by atoms with Crippen molar-refractivity contribution in [1.29, 1.82) is 10.5 Å². The van der Waals surface area contributed by atoms with Crippen LogP contribution in [0.4, 0.5) is 4.39 Å². The van der Waals surface area contributed by atoms with Gasteiger partial charge in [0.15, 0.2) is 5.82 Å². The van der Waals surface area contributed by atoms with E-state index in [0.717, 1.165) is 42.4 Å². The number of hydrogen-bond donors (Lipinski definition) is 1. The van der Waals surface area contributed by atoms with Crippen LogP contribution in [-0.2, 0) is 11.2 Å². The highest BCUT2D eigenvalue weighted by Crippen LogP contribution is 2.51. The van der Waals surface area contributed by atoms with Gasteiger partial charge in [-0.2, -0.15) is 10.5 Å². The van der Waals surface area contributed by atoms with Crippen LogP contribution in [0.2, 0.25) is 10.0 Å². The number of aromatic nitrogens is 3. The smallest absolute Gasteiger partial charge is 0.226 e. The fourth-order valence-corrected chi connectivity index (χ4v) is 9.20. The molecule has 5 atom stereocenters. The number of ether oxygens (including phenoxy) is 1. The fourth-order valence-electron chi connectivity index (χ4n) is 8.81. The van der Waals surface area contributed by atoms with Crippen molar-refractivity contribution in [2.75, 3.05) is 13.1 Å². The molecule has 5 fully saturated rings. The van der Waals surface area contributed by atoms with Crippen molar-refractivity contribution in [2.24, 2.45) is 11.8 Å². The molecule has 12 heteroatoms. The Labute approximate surface area is 309 Å². The molecule has 0 unspecified atom stereocenters. The molecule has 1 N–H and O–H groups in total. The first-order chi connectivity index (χ1) is 25.2. The van der Waals surface area contributed by atoms with Gasteiger partial charge in [0, 0.05) is 76.9 Å². The van der Waals surface area contributed by atoms with Crippen LogP contribution < -0.4 is 10.1 Å². The van der Waals surface area contributed by atoms with Crippen molar-refractivity contribution >= 4 is 50.9 Å². The Bertz CT molecular complexity index is 2380. The van der Waals surface area contributed by atoms with Crippen LogP contribution in [0.5, 0.6) is 5.75 Å². The van der Waals surface area contributed by atoms with Gasteiger partial charge in [0.1, 0.15) is 29.1 Å². The Morgan fingerprint density at radius 1 is 1.13 bits per heavy atom. The van der Waals surface area contributed by atoms with Crippen molar-refractivity contribution in [3.63, 3.8) is 0 Å². The minimum absolute atomic E-state index is 0.00417. The summed E-state index contributed by atoms with van der Waals surface area (Å²) in [7, 11) is 0. The molecule has 5 aromatic rings. The molecule has 9 nitrogen and oxygen atoms in total. The van der Waals surface area contributed by atoms with Gasteiger partial charge in [-0.15, -0.1) is 0 Å². The summed E-state index contributed by atoms with van der Waals surface area (Å²) < 4.78 is 26.0. The number of carbonyl (C=O) groups excluding carboxylic acids is 1. The Morgan fingerprint density at radius 2 is 1.98 bits per heavy atom. The van der Waals surface area contributed by atoms with E-state index in [-0.39, 0.29) is 58.7 Å². The second-order valence-electron chi connectivity index (χ2n) is 14.5. The zero-order valence-corrected chi connectivity index (χ0v) is 29.9. The van der Waals surface area contributed by atoms with Crippen LogP contribution >= 0.6 is 23.2 Å². The van der Waals surface area contributed by atoms with Gasteiger partial charge in [-0.1, -0.05) is 35.3 Å². The number of carbonyl (C=O) groups is 1. The van der Waals surface area contributed by atoms with Gasteiger partial charge in [-0.3, -0.25) is 4.79 Å².